The number of carbonyl (C=O) groups is 1. The minimum absolute atomic E-state index is 0.00845. The van der Waals surface area contributed by atoms with E-state index in [1.807, 2.05) is 64.1 Å². The first-order chi connectivity index (χ1) is 18.1. The van der Waals surface area contributed by atoms with Crippen LogP contribution in [0.5, 0.6) is 5.75 Å². The molecule has 3 N–H and O–H groups in total. The molecule has 1 aliphatic heterocycles. The molecular formula is C29H36BrF2N3O2S. The van der Waals surface area contributed by atoms with Crippen LogP contribution in [-0.4, -0.2) is 42.1 Å². The van der Waals surface area contributed by atoms with Crippen molar-refractivity contribution in [3.63, 3.8) is 0 Å². The molecule has 3 aromatic carbocycles. The van der Waals surface area contributed by atoms with E-state index in [0.29, 0.717) is 30.4 Å². The standard InChI is InChI=1S/C27H30BrF2N3O2S.C2H6/c1-17(2)35-23-9-3-19-16-24(10-4-18(19)15-23)36-32-25(26(34)33-13-11-22(31)12-14-33)27(29,30)20-5-7-21(28)8-6-20;1-2/h3-10,15-17,22,25,32H,11-14,31H2,1-2H3;1-2H3. The summed E-state index contributed by atoms with van der Waals surface area (Å²) in [7, 11) is 0. The Labute approximate surface area is 236 Å². The molecule has 9 heteroatoms. The second-order valence-electron chi connectivity index (χ2n) is 9.28. The number of amides is 1. The van der Waals surface area contributed by atoms with Crippen molar-refractivity contribution in [2.24, 2.45) is 5.73 Å². The summed E-state index contributed by atoms with van der Waals surface area (Å²) in [5, 5.41) is 1.93. The summed E-state index contributed by atoms with van der Waals surface area (Å²) in [4.78, 5) is 15.6. The third-order valence-electron chi connectivity index (χ3n) is 6.14. The van der Waals surface area contributed by atoms with Gasteiger partial charge in [-0.25, -0.2) is 4.72 Å². The third-order valence-corrected chi connectivity index (χ3v) is 7.51. The maximum absolute atomic E-state index is 15.8. The summed E-state index contributed by atoms with van der Waals surface area (Å²) in [5.41, 5.74) is 5.74. The number of alkyl halides is 2. The predicted octanol–water partition coefficient (Wildman–Crippen LogP) is 7.12. The number of rotatable bonds is 8. The van der Waals surface area contributed by atoms with Crippen molar-refractivity contribution in [1.82, 2.24) is 9.62 Å². The Balaban J connectivity index is 0.00000195. The Morgan fingerprint density at radius 2 is 1.66 bits per heavy atom. The van der Waals surface area contributed by atoms with Crippen molar-refractivity contribution in [2.45, 2.75) is 69.5 Å². The molecule has 1 heterocycles. The number of halogens is 3. The van der Waals surface area contributed by atoms with Gasteiger partial charge in [-0.3, -0.25) is 4.79 Å². The first-order valence-electron chi connectivity index (χ1n) is 12.9. The molecule has 0 spiro atoms. The monoisotopic (exact) mass is 607 g/mol. The van der Waals surface area contributed by atoms with E-state index in [1.165, 1.54) is 17.0 Å². The van der Waals surface area contributed by atoms with E-state index in [-0.39, 0.29) is 17.7 Å². The quantitative estimate of drug-likeness (QED) is 0.267. The third kappa shape index (κ3) is 7.68. The van der Waals surface area contributed by atoms with Gasteiger partial charge in [-0.1, -0.05) is 54.0 Å². The van der Waals surface area contributed by atoms with Crippen LogP contribution in [0, 0.1) is 0 Å². The van der Waals surface area contributed by atoms with E-state index in [0.717, 1.165) is 33.4 Å². The Bertz CT molecular complexity index is 1200. The second-order valence-corrected chi connectivity index (χ2v) is 11.1. The van der Waals surface area contributed by atoms with Gasteiger partial charge in [0.15, 0.2) is 6.04 Å². The molecule has 0 aliphatic carbocycles. The number of nitrogens with two attached hydrogens (primary N) is 1. The molecule has 1 atom stereocenters. The van der Waals surface area contributed by atoms with Gasteiger partial charge in [0.05, 0.1) is 6.10 Å². The van der Waals surface area contributed by atoms with E-state index < -0.39 is 17.9 Å². The van der Waals surface area contributed by atoms with Gasteiger partial charge in [0.25, 0.3) is 5.92 Å². The molecule has 1 saturated heterocycles. The SMILES string of the molecule is CC.CC(C)Oc1ccc2cc(SNC(C(=O)N3CCC(N)CC3)C(F)(F)c3ccc(Br)cc3)ccc2c1. The minimum Gasteiger partial charge on any atom is -0.491 e. The number of hydrogen-bond donors (Lipinski definition) is 2. The van der Waals surface area contributed by atoms with Gasteiger partial charge >= 0.3 is 0 Å². The Hall–Kier alpha value is -2.20. The van der Waals surface area contributed by atoms with Crippen LogP contribution >= 0.6 is 27.9 Å². The van der Waals surface area contributed by atoms with Crippen LogP contribution in [0.3, 0.4) is 0 Å². The molecule has 1 unspecified atom stereocenters. The first kappa shape index (κ1) is 30.3. The maximum atomic E-state index is 15.8. The second kappa shape index (κ2) is 13.7. The van der Waals surface area contributed by atoms with E-state index in [4.69, 9.17) is 10.5 Å². The minimum atomic E-state index is -3.43. The number of benzene rings is 3. The molecular weight excluding hydrogens is 572 g/mol. The maximum Gasteiger partial charge on any atom is 0.298 e. The Kier molecular flexibility index (Phi) is 11.0. The van der Waals surface area contributed by atoms with Crippen LogP contribution in [0.4, 0.5) is 8.78 Å². The van der Waals surface area contributed by atoms with Gasteiger partial charge in [-0.2, -0.15) is 8.78 Å². The van der Waals surface area contributed by atoms with E-state index >= 15 is 8.78 Å². The number of fused-ring (bicyclic) bond motifs is 1. The molecule has 1 amide bonds. The van der Waals surface area contributed by atoms with Gasteiger partial charge in [-0.15, -0.1) is 0 Å². The molecule has 206 valence electrons. The molecule has 5 nitrogen and oxygen atoms in total. The lowest BCUT2D eigenvalue weighted by atomic mass is 9.99. The molecule has 0 saturated carbocycles. The van der Waals surface area contributed by atoms with Gasteiger partial charge in [0, 0.05) is 34.1 Å². The fourth-order valence-electron chi connectivity index (χ4n) is 4.16. The van der Waals surface area contributed by atoms with Crippen LogP contribution in [0.15, 0.2) is 70.0 Å². The number of piperidine rings is 1. The summed E-state index contributed by atoms with van der Waals surface area (Å²) in [5.74, 6) is -3.28. The van der Waals surface area contributed by atoms with Gasteiger partial charge < -0.3 is 15.4 Å². The van der Waals surface area contributed by atoms with Crippen molar-refractivity contribution in [3.8, 4) is 5.75 Å². The van der Waals surface area contributed by atoms with Crippen LogP contribution in [0.2, 0.25) is 0 Å². The van der Waals surface area contributed by atoms with Crippen LogP contribution in [0.25, 0.3) is 10.8 Å². The van der Waals surface area contributed by atoms with Crippen molar-refractivity contribution < 1.29 is 18.3 Å². The highest BCUT2D eigenvalue weighted by Gasteiger charge is 2.48. The molecule has 38 heavy (non-hydrogen) atoms. The molecule has 4 rings (SSSR count). The fraction of sp³-hybridized carbons (Fsp3) is 0.414. The zero-order valence-electron chi connectivity index (χ0n) is 22.2. The van der Waals surface area contributed by atoms with Crippen LogP contribution < -0.4 is 15.2 Å². The fourth-order valence-corrected chi connectivity index (χ4v) is 5.25. The lowest BCUT2D eigenvalue weighted by molar-refractivity contribution is -0.145. The molecule has 1 fully saturated rings. The van der Waals surface area contributed by atoms with Crippen LogP contribution in [-0.2, 0) is 10.7 Å². The summed E-state index contributed by atoms with van der Waals surface area (Å²) in [6.07, 6.45) is 1.27. The van der Waals surface area contributed by atoms with E-state index in [1.54, 1.807) is 12.1 Å². The highest BCUT2D eigenvalue weighted by Crippen LogP contribution is 2.36. The predicted molar refractivity (Wildman–Crippen MR) is 156 cm³/mol. The van der Waals surface area contributed by atoms with Gasteiger partial charge in [-0.05, 0) is 85.8 Å². The number of carbonyl (C=O) groups excluding carboxylic acids is 1. The first-order valence-corrected chi connectivity index (χ1v) is 14.6. The Morgan fingerprint density at radius 1 is 1.05 bits per heavy atom. The summed E-state index contributed by atoms with van der Waals surface area (Å²) in [6, 6.07) is 15.5. The topological polar surface area (TPSA) is 67.6 Å². The van der Waals surface area contributed by atoms with E-state index in [9.17, 15) is 4.79 Å². The lowest BCUT2D eigenvalue weighted by Crippen LogP contribution is -2.55. The normalized spacial score (nSPS) is 15.2. The summed E-state index contributed by atoms with van der Waals surface area (Å²) < 4.78 is 40.8. The molecule has 0 aromatic heterocycles. The summed E-state index contributed by atoms with van der Waals surface area (Å²) >= 11 is 4.32. The van der Waals surface area contributed by atoms with Gasteiger partial charge in [0.2, 0.25) is 5.91 Å². The van der Waals surface area contributed by atoms with E-state index in [2.05, 4.69) is 20.7 Å². The highest BCUT2D eigenvalue weighted by molar-refractivity contribution is 9.10. The molecule has 1 aliphatic rings. The lowest BCUT2D eigenvalue weighted by Gasteiger charge is -2.35. The zero-order chi connectivity index (χ0) is 27.9. The average Bonchev–Trinajstić information content (AvgIpc) is 2.90. The number of hydrogen-bond acceptors (Lipinski definition) is 5. The zero-order valence-corrected chi connectivity index (χ0v) is 24.6. The molecule has 0 bridgehead atoms. The van der Waals surface area contributed by atoms with Crippen molar-refractivity contribution in [3.05, 3.63) is 70.7 Å². The average molecular weight is 609 g/mol. The number of nitrogens with one attached hydrogen (secondary N) is 1. The Morgan fingerprint density at radius 3 is 2.29 bits per heavy atom. The number of likely N-dealkylation sites (tertiary alicyclic amines) is 1. The summed E-state index contributed by atoms with van der Waals surface area (Å²) in [6.45, 7) is 8.68. The van der Waals surface area contributed by atoms with Crippen molar-refractivity contribution in [1.29, 1.82) is 0 Å². The molecule has 0 radical (unpaired) electrons. The smallest absolute Gasteiger partial charge is 0.298 e. The van der Waals surface area contributed by atoms with Crippen molar-refractivity contribution >= 4 is 44.6 Å². The van der Waals surface area contributed by atoms with Crippen molar-refractivity contribution in [2.75, 3.05) is 13.1 Å². The molecule has 3 aromatic rings. The van der Waals surface area contributed by atoms with Crippen LogP contribution in [0.1, 0.15) is 46.1 Å². The number of ether oxygens (including phenoxy) is 1. The number of nitrogens with zero attached hydrogens (tertiary/aromatic N) is 1. The largest absolute Gasteiger partial charge is 0.491 e. The van der Waals surface area contributed by atoms with Gasteiger partial charge in [0.1, 0.15) is 5.75 Å². The highest BCUT2D eigenvalue weighted by atomic mass is 79.9.